The number of benzene rings is 3. The Kier molecular flexibility index (Phi) is 4.78. The van der Waals surface area contributed by atoms with Gasteiger partial charge < -0.3 is 4.74 Å². The van der Waals surface area contributed by atoms with E-state index in [-0.39, 0.29) is 17.4 Å². The van der Waals surface area contributed by atoms with E-state index in [4.69, 9.17) is 9.57 Å². The maximum Gasteiger partial charge on any atom is 0.124 e. The molecule has 0 saturated heterocycles. The van der Waals surface area contributed by atoms with Gasteiger partial charge in [-0.15, -0.1) is 0 Å². The molecule has 1 N–H and O–H groups in total. The molecule has 2 atom stereocenters. The van der Waals surface area contributed by atoms with Crippen LogP contribution in [0.2, 0.25) is 0 Å². The molecule has 3 aromatic carbocycles. The van der Waals surface area contributed by atoms with Gasteiger partial charge in [-0.2, -0.15) is 5.10 Å². The molecular weight excluding hydrogens is 422 g/mol. The molecule has 3 heterocycles. The van der Waals surface area contributed by atoms with Gasteiger partial charge in [0, 0.05) is 34.2 Å². The number of ether oxygens (including phenoxy) is 1. The number of anilines is 1. The van der Waals surface area contributed by atoms with Crippen molar-refractivity contribution >= 4 is 5.69 Å². The van der Waals surface area contributed by atoms with Crippen molar-refractivity contribution < 1.29 is 9.57 Å². The number of fused-ring (bicyclic) bond motifs is 4. The van der Waals surface area contributed by atoms with Gasteiger partial charge in [0.25, 0.3) is 0 Å². The van der Waals surface area contributed by atoms with Gasteiger partial charge in [-0.1, -0.05) is 67.9 Å². The summed E-state index contributed by atoms with van der Waals surface area (Å²) in [7, 11) is 1.76. The highest BCUT2D eigenvalue weighted by Gasteiger charge is 2.50. The van der Waals surface area contributed by atoms with Crippen molar-refractivity contribution in [1.82, 2.24) is 10.2 Å². The number of nitrogens with zero attached hydrogens (tertiary/aromatic N) is 2. The Balaban J connectivity index is 1.48. The van der Waals surface area contributed by atoms with Crippen molar-refractivity contribution in [3.8, 4) is 28.1 Å². The first-order valence-corrected chi connectivity index (χ1v) is 11.8. The standard InChI is InChI=1S/C29H29N3O2/c1-18-9-11-19(12-10-18)22-16-30-31-27(22)20-13-14-25-23(15-20)29(2,3)24-17-34-26-8-6-5-7-21(26)28(24)32(25)33-4/h5-16,24,28H,17H2,1-4H3,(H,30,31)/t24-,28+/m0/s1. The van der Waals surface area contributed by atoms with Gasteiger partial charge >= 0.3 is 0 Å². The van der Waals surface area contributed by atoms with Crippen LogP contribution in [0.1, 0.15) is 36.6 Å². The molecule has 1 aromatic heterocycles. The van der Waals surface area contributed by atoms with Crippen LogP contribution in [0.3, 0.4) is 0 Å². The largest absolute Gasteiger partial charge is 0.493 e. The third-order valence-corrected chi connectivity index (χ3v) is 7.62. The van der Waals surface area contributed by atoms with Gasteiger partial charge in [0.1, 0.15) is 5.75 Å². The summed E-state index contributed by atoms with van der Waals surface area (Å²) in [5, 5.41) is 9.79. The number of aromatic amines is 1. The molecule has 0 fully saturated rings. The van der Waals surface area contributed by atoms with E-state index in [2.05, 4.69) is 96.7 Å². The fraction of sp³-hybridized carbons (Fsp3) is 0.276. The molecule has 6 rings (SSSR count). The van der Waals surface area contributed by atoms with E-state index in [1.165, 1.54) is 16.7 Å². The van der Waals surface area contributed by atoms with E-state index in [1.807, 2.05) is 12.3 Å². The Morgan fingerprint density at radius 2 is 1.79 bits per heavy atom. The highest BCUT2D eigenvalue weighted by Crippen LogP contribution is 2.55. The van der Waals surface area contributed by atoms with E-state index in [1.54, 1.807) is 7.11 Å². The molecule has 0 unspecified atom stereocenters. The summed E-state index contributed by atoms with van der Waals surface area (Å²) in [6, 6.07) is 23.6. The molecule has 0 amide bonds. The zero-order valence-corrected chi connectivity index (χ0v) is 20.0. The molecule has 5 nitrogen and oxygen atoms in total. The number of hydrogen-bond donors (Lipinski definition) is 1. The Morgan fingerprint density at radius 3 is 2.59 bits per heavy atom. The Bertz CT molecular complexity index is 1360. The van der Waals surface area contributed by atoms with Gasteiger partial charge in [0.05, 0.1) is 31.1 Å². The average Bonchev–Trinajstić information content (AvgIpc) is 3.34. The smallest absolute Gasteiger partial charge is 0.124 e. The summed E-state index contributed by atoms with van der Waals surface area (Å²) in [4.78, 5) is 6.03. The van der Waals surface area contributed by atoms with Crippen LogP contribution >= 0.6 is 0 Å². The minimum absolute atomic E-state index is 0.0943. The van der Waals surface area contributed by atoms with Crippen LogP contribution in [0.5, 0.6) is 5.75 Å². The number of aromatic nitrogens is 2. The molecule has 0 radical (unpaired) electrons. The molecule has 0 spiro atoms. The first kappa shape index (κ1) is 21.0. The van der Waals surface area contributed by atoms with Crippen LogP contribution in [0.15, 0.2) is 72.9 Å². The van der Waals surface area contributed by atoms with E-state index in [0.717, 1.165) is 33.8 Å². The Labute approximate surface area is 200 Å². The minimum Gasteiger partial charge on any atom is -0.493 e. The lowest BCUT2D eigenvalue weighted by atomic mass is 9.65. The molecule has 0 bridgehead atoms. The van der Waals surface area contributed by atoms with E-state index >= 15 is 0 Å². The third-order valence-electron chi connectivity index (χ3n) is 7.62. The van der Waals surface area contributed by atoms with Crippen LogP contribution in [0.4, 0.5) is 5.69 Å². The molecule has 2 aliphatic heterocycles. The second-order valence-corrected chi connectivity index (χ2v) is 9.88. The highest BCUT2D eigenvalue weighted by molar-refractivity contribution is 5.82. The van der Waals surface area contributed by atoms with Gasteiger partial charge in [-0.05, 0) is 36.2 Å². The van der Waals surface area contributed by atoms with Crippen molar-refractivity contribution in [2.24, 2.45) is 5.92 Å². The topological polar surface area (TPSA) is 50.4 Å². The maximum atomic E-state index is 6.23. The van der Waals surface area contributed by atoms with E-state index in [0.29, 0.717) is 6.61 Å². The summed E-state index contributed by atoms with van der Waals surface area (Å²) < 4.78 is 6.23. The molecular formula is C29H29N3O2. The first-order valence-electron chi connectivity index (χ1n) is 11.8. The highest BCUT2D eigenvalue weighted by atomic mass is 16.7. The lowest BCUT2D eigenvalue weighted by molar-refractivity contribution is 0.0442. The maximum absolute atomic E-state index is 6.23. The molecule has 0 aliphatic carbocycles. The summed E-state index contributed by atoms with van der Waals surface area (Å²) in [5.74, 6) is 1.18. The SMILES string of the molecule is CON1c2ccc(-c3n[nH]cc3-c3ccc(C)cc3)cc2C(C)(C)[C@H]2COc3ccccc3[C@H]21. The molecule has 2 aliphatic rings. The van der Waals surface area contributed by atoms with Crippen LogP contribution in [-0.2, 0) is 10.3 Å². The van der Waals surface area contributed by atoms with Crippen LogP contribution in [-0.4, -0.2) is 23.9 Å². The molecule has 5 heteroatoms. The summed E-state index contributed by atoms with van der Waals surface area (Å²) in [5.41, 5.74) is 8.95. The second kappa shape index (κ2) is 7.74. The number of nitrogens with one attached hydrogen (secondary N) is 1. The summed E-state index contributed by atoms with van der Waals surface area (Å²) >= 11 is 0. The van der Waals surface area contributed by atoms with E-state index in [9.17, 15) is 0 Å². The summed E-state index contributed by atoms with van der Waals surface area (Å²) in [6.45, 7) is 7.40. The third kappa shape index (κ3) is 3.07. The van der Waals surface area contributed by atoms with Crippen molar-refractivity contribution in [3.63, 3.8) is 0 Å². The van der Waals surface area contributed by atoms with Crippen LogP contribution < -0.4 is 9.80 Å². The van der Waals surface area contributed by atoms with Gasteiger partial charge in [-0.25, -0.2) is 5.06 Å². The Morgan fingerprint density at radius 1 is 1.03 bits per heavy atom. The van der Waals surface area contributed by atoms with Crippen molar-refractivity contribution in [3.05, 3.63) is 89.6 Å². The number of aryl methyl sites for hydroxylation is 1. The van der Waals surface area contributed by atoms with Crippen molar-refractivity contribution in [2.45, 2.75) is 32.2 Å². The monoisotopic (exact) mass is 451 g/mol. The van der Waals surface area contributed by atoms with Gasteiger partial charge in [-0.3, -0.25) is 9.94 Å². The fourth-order valence-electron chi connectivity index (χ4n) is 5.65. The lowest BCUT2D eigenvalue weighted by Gasteiger charge is -2.52. The predicted molar refractivity (Wildman–Crippen MR) is 135 cm³/mol. The van der Waals surface area contributed by atoms with Gasteiger partial charge in [0.2, 0.25) is 0 Å². The van der Waals surface area contributed by atoms with Crippen LogP contribution in [0.25, 0.3) is 22.4 Å². The number of hydroxylamine groups is 1. The quantitative estimate of drug-likeness (QED) is 0.388. The predicted octanol–water partition coefficient (Wildman–Crippen LogP) is 6.46. The molecule has 34 heavy (non-hydrogen) atoms. The lowest BCUT2D eigenvalue weighted by Crippen LogP contribution is -2.51. The molecule has 4 aromatic rings. The molecule has 172 valence electrons. The normalized spacial score (nSPS) is 20.2. The number of hydrogen-bond acceptors (Lipinski definition) is 4. The van der Waals surface area contributed by atoms with Crippen molar-refractivity contribution in [2.75, 3.05) is 18.8 Å². The number of H-pyrrole nitrogens is 1. The zero-order chi connectivity index (χ0) is 23.4. The first-order chi connectivity index (χ1) is 16.5. The minimum atomic E-state index is -0.126. The molecule has 0 saturated carbocycles. The van der Waals surface area contributed by atoms with Crippen LogP contribution in [0, 0.1) is 12.8 Å². The summed E-state index contributed by atoms with van der Waals surface area (Å²) in [6.07, 6.45) is 1.98. The van der Waals surface area contributed by atoms with E-state index < -0.39 is 0 Å². The second-order valence-electron chi connectivity index (χ2n) is 9.88. The number of rotatable bonds is 3. The average molecular weight is 452 g/mol. The Hall–Kier alpha value is -3.57. The van der Waals surface area contributed by atoms with Crippen molar-refractivity contribution in [1.29, 1.82) is 0 Å². The number of para-hydroxylation sites is 1. The fourth-order valence-corrected chi connectivity index (χ4v) is 5.65. The zero-order valence-electron chi connectivity index (χ0n) is 20.0. The van der Waals surface area contributed by atoms with Gasteiger partial charge in [0.15, 0.2) is 0 Å².